The monoisotopic (exact) mass is 299 g/mol. The van der Waals surface area contributed by atoms with Crippen LogP contribution in [0.15, 0.2) is 29.0 Å². The van der Waals surface area contributed by atoms with Crippen LogP contribution in [0.4, 0.5) is 0 Å². The molecule has 0 spiro atoms. The number of amides is 1. The van der Waals surface area contributed by atoms with Gasteiger partial charge in [0.2, 0.25) is 5.91 Å². The highest BCUT2D eigenvalue weighted by molar-refractivity contribution is 7.16. The Hall–Kier alpha value is -0.840. The fraction of sp³-hybridized carbons (Fsp3) is 0.308. The van der Waals surface area contributed by atoms with E-state index in [4.69, 9.17) is 11.6 Å². The summed E-state index contributed by atoms with van der Waals surface area (Å²) in [5, 5.41) is 7.10. The van der Waals surface area contributed by atoms with Gasteiger partial charge in [-0.05, 0) is 47.9 Å². The lowest BCUT2D eigenvalue weighted by atomic mass is 10.2. The van der Waals surface area contributed by atoms with Crippen LogP contribution >= 0.6 is 34.3 Å². The molecule has 0 aliphatic heterocycles. The Kier molecular flexibility index (Phi) is 4.80. The Balaban J connectivity index is 1.80. The third-order valence-corrected chi connectivity index (χ3v) is 4.77. The van der Waals surface area contributed by atoms with Crippen LogP contribution in [0.1, 0.15) is 29.8 Å². The predicted octanol–water partition coefficient (Wildman–Crippen LogP) is 4.27. The summed E-state index contributed by atoms with van der Waals surface area (Å²) in [6.07, 6.45) is 1.33. The number of carbonyl (C=O) groups is 1. The van der Waals surface area contributed by atoms with Crippen molar-refractivity contribution in [3.8, 4) is 0 Å². The minimum absolute atomic E-state index is 0.0254. The molecule has 2 aromatic rings. The van der Waals surface area contributed by atoms with Gasteiger partial charge in [0.15, 0.2) is 0 Å². The van der Waals surface area contributed by atoms with Crippen molar-refractivity contribution >= 4 is 40.2 Å². The fourth-order valence-electron chi connectivity index (χ4n) is 1.64. The summed E-state index contributed by atoms with van der Waals surface area (Å²) in [5.41, 5.74) is 1.22. The zero-order valence-corrected chi connectivity index (χ0v) is 12.4. The molecular weight excluding hydrogens is 286 g/mol. The lowest BCUT2D eigenvalue weighted by molar-refractivity contribution is -0.121. The lowest BCUT2D eigenvalue weighted by Gasteiger charge is -2.11. The van der Waals surface area contributed by atoms with E-state index in [0.717, 1.165) is 15.6 Å². The molecule has 2 rings (SSSR count). The van der Waals surface area contributed by atoms with Gasteiger partial charge in [-0.25, -0.2) is 0 Å². The van der Waals surface area contributed by atoms with Gasteiger partial charge in [0.05, 0.1) is 10.4 Å². The van der Waals surface area contributed by atoms with Crippen molar-refractivity contribution in [1.29, 1.82) is 0 Å². The summed E-state index contributed by atoms with van der Waals surface area (Å²) in [5.74, 6) is 0.0817. The number of hydrogen-bond acceptors (Lipinski definition) is 3. The highest BCUT2D eigenvalue weighted by Crippen LogP contribution is 2.26. The topological polar surface area (TPSA) is 29.1 Å². The Bertz CT molecular complexity index is 507. The van der Waals surface area contributed by atoms with E-state index < -0.39 is 0 Å². The smallest absolute Gasteiger partial charge is 0.220 e. The first-order valence-corrected chi connectivity index (χ1v) is 7.84. The van der Waals surface area contributed by atoms with E-state index in [9.17, 15) is 4.79 Å². The van der Waals surface area contributed by atoms with Crippen molar-refractivity contribution in [2.45, 2.75) is 25.8 Å². The molecule has 2 heterocycles. The Labute approximate surface area is 120 Å². The molecule has 1 N–H and O–H groups in total. The maximum Gasteiger partial charge on any atom is 0.220 e. The van der Waals surface area contributed by atoms with Gasteiger partial charge in [-0.15, -0.1) is 11.3 Å². The van der Waals surface area contributed by atoms with Crippen molar-refractivity contribution in [1.82, 2.24) is 5.32 Å². The number of hydrogen-bond donors (Lipinski definition) is 1. The molecular formula is C13H14ClNOS2. The lowest BCUT2D eigenvalue weighted by Crippen LogP contribution is -2.26. The first kappa shape index (κ1) is 13.6. The minimum Gasteiger partial charge on any atom is -0.349 e. The third kappa shape index (κ3) is 3.83. The van der Waals surface area contributed by atoms with Crippen LogP contribution in [-0.4, -0.2) is 5.91 Å². The fourth-order valence-corrected chi connectivity index (χ4v) is 3.40. The first-order valence-electron chi connectivity index (χ1n) is 5.71. The molecule has 2 nitrogen and oxygen atoms in total. The number of halogens is 1. The standard InChI is InChI=1S/C13H14ClNOS2/c1-9(11-3-4-12(14)18-11)15-13(16)5-2-10-6-7-17-8-10/h3-4,6-9H,2,5H2,1H3,(H,15,16). The van der Waals surface area contributed by atoms with Crippen molar-refractivity contribution in [3.63, 3.8) is 0 Å². The number of carbonyl (C=O) groups excluding carboxylic acids is 1. The van der Waals surface area contributed by atoms with Crippen LogP contribution < -0.4 is 5.32 Å². The van der Waals surface area contributed by atoms with E-state index >= 15 is 0 Å². The highest BCUT2D eigenvalue weighted by Gasteiger charge is 2.11. The summed E-state index contributed by atoms with van der Waals surface area (Å²) in [7, 11) is 0. The van der Waals surface area contributed by atoms with Crippen molar-refractivity contribution in [2.75, 3.05) is 0 Å². The minimum atomic E-state index is 0.0254. The van der Waals surface area contributed by atoms with Gasteiger partial charge >= 0.3 is 0 Å². The third-order valence-electron chi connectivity index (χ3n) is 2.62. The number of rotatable bonds is 5. The van der Waals surface area contributed by atoms with Gasteiger partial charge in [-0.2, -0.15) is 11.3 Å². The summed E-state index contributed by atoms with van der Waals surface area (Å²) in [6.45, 7) is 1.98. The van der Waals surface area contributed by atoms with Crippen molar-refractivity contribution in [3.05, 3.63) is 43.7 Å². The summed E-state index contributed by atoms with van der Waals surface area (Å²) < 4.78 is 0.754. The highest BCUT2D eigenvalue weighted by atomic mass is 35.5. The van der Waals surface area contributed by atoms with Gasteiger partial charge in [0, 0.05) is 11.3 Å². The largest absolute Gasteiger partial charge is 0.349 e. The van der Waals surface area contributed by atoms with Crippen LogP contribution in [0.3, 0.4) is 0 Å². The summed E-state index contributed by atoms with van der Waals surface area (Å²) in [6, 6.07) is 5.89. The molecule has 0 radical (unpaired) electrons. The molecule has 0 aliphatic rings. The molecule has 0 saturated carbocycles. The van der Waals surface area contributed by atoms with Gasteiger partial charge < -0.3 is 5.32 Å². The van der Waals surface area contributed by atoms with E-state index in [0.29, 0.717) is 6.42 Å². The van der Waals surface area contributed by atoms with E-state index in [2.05, 4.69) is 16.8 Å². The summed E-state index contributed by atoms with van der Waals surface area (Å²) >= 11 is 9.04. The Morgan fingerprint density at radius 1 is 1.44 bits per heavy atom. The molecule has 1 amide bonds. The number of aryl methyl sites for hydroxylation is 1. The molecule has 0 fully saturated rings. The molecule has 0 saturated heterocycles. The van der Waals surface area contributed by atoms with E-state index in [1.54, 1.807) is 11.3 Å². The van der Waals surface area contributed by atoms with Gasteiger partial charge in [-0.1, -0.05) is 11.6 Å². The van der Waals surface area contributed by atoms with Crippen molar-refractivity contribution in [2.24, 2.45) is 0 Å². The SMILES string of the molecule is CC(NC(=O)CCc1ccsc1)c1ccc(Cl)s1. The van der Waals surface area contributed by atoms with Gasteiger partial charge in [0.1, 0.15) is 0 Å². The average molecular weight is 300 g/mol. The van der Waals surface area contributed by atoms with E-state index in [1.165, 1.54) is 16.9 Å². The van der Waals surface area contributed by atoms with E-state index in [1.807, 2.05) is 24.4 Å². The van der Waals surface area contributed by atoms with Crippen LogP contribution in [0.5, 0.6) is 0 Å². The summed E-state index contributed by atoms with van der Waals surface area (Å²) in [4.78, 5) is 12.9. The normalized spacial score (nSPS) is 12.3. The first-order chi connectivity index (χ1) is 8.65. The van der Waals surface area contributed by atoms with Crippen LogP contribution in [0, 0.1) is 0 Å². The Morgan fingerprint density at radius 2 is 2.28 bits per heavy atom. The predicted molar refractivity (Wildman–Crippen MR) is 78.5 cm³/mol. The Morgan fingerprint density at radius 3 is 2.89 bits per heavy atom. The molecule has 1 unspecified atom stereocenters. The number of thiophene rings is 2. The van der Waals surface area contributed by atoms with Crippen molar-refractivity contribution < 1.29 is 4.79 Å². The van der Waals surface area contributed by atoms with Crippen LogP contribution in [0.2, 0.25) is 4.34 Å². The van der Waals surface area contributed by atoms with Gasteiger partial charge in [0.25, 0.3) is 0 Å². The molecule has 96 valence electrons. The molecule has 18 heavy (non-hydrogen) atoms. The molecule has 2 aromatic heterocycles. The zero-order valence-electron chi connectivity index (χ0n) is 9.98. The number of nitrogens with one attached hydrogen (secondary N) is 1. The zero-order chi connectivity index (χ0) is 13.0. The van der Waals surface area contributed by atoms with Crippen LogP contribution in [-0.2, 0) is 11.2 Å². The molecule has 0 aromatic carbocycles. The van der Waals surface area contributed by atoms with Gasteiger partial charge in [-0.3, -0.25) is 4.79 Å². The van der Waals surface area contributed by atoms with E-state index in [-0.39, 0.29) is 11.9 Å². The molecule has 5 heteroatoms. The second kappa shape index (κ2) is 6.36. The average Bonchev–Trinajstić information content (AvgIpc) is 2.97. The van der Waals surface area contributed by atoms with Crippen LogP contribution in [0.25, 0.3) is 0 Å². The molecule has 0 bridgehead atoms. The quantitative estimate of drug-likeness (QED) is 0.877. The maximum atomic E-state index is 11.8. The second-order valence-corrected chi connectivity index (χ2v) is 6.59. The molecule has 1 atom stereocenters. The maximum absolute atomic E-state index is 11.8. The molecule has 0 aliphatic carbocycles. The second-order valence-electron chi connectivity index (χ2n) is 4.06.